The molecule has 0 saturated carbocycles. The van der Waals surface area contributed by atoms with Crippen LogP contribution >= 0.6 is 11.6 Å². The first kappa shape index (κ1) is 14.3. The SMILES string of the molecule is CCOc1ccc(Oc2nc(Cl)nc(N(C)C)n2)cc1. The highest BCUT2D eigenvalue weighted by molar-refractivity contribution is 6.28. The van der Waals surface area contributed by atoms with Crippen molar-refractivity contribution in [3.8, 4) is 17.5 Å². The Balaban J connectivity index is 2.16. The molecule has 0 aliphatic carbocycles. The van der Waals surface area contributed by atoms with E-state index in [9.17, 15) is 0 Å². The van der Waals surface area contributed by atoms with Crippen LogP contribution < -0.4 is 14.4 Å². The first-order valence-electron chi connectivity index (χ1n) is 6.08. The zero-order valence-corrected chi connectivity index (χ0v) is 12.3. The van der Waals surface area contributed by atoms with E-state index < -0.39 is 0 Å². The minimum Gasteiger partial charge on any atom is -0.494 e. The van der Waals surface area contributed by atoms with Crippen LogP contribution in [0.1, 0.15) is 6.92 Å². The fraction of sp³-hybridized carbons (Fsp3) is 0.308. The molecule has 1 aromatic heterocycles. The summed E-state index contributed by atoms with van der Waals surface area (Å²) in [5, 5.41) is 0.0876. The molecule has 0 aliphatic rings. The quantitative estimate of drug-likeness (QED) is 0.845. The van der Waals surface area contributed by atoms with Crippen molar-refractivity contribution in [2.75, 3.05) is 25.6 Å². The van der Waals surface area contributed by atoms with Crippen LogP contribution in [0.4, 0.5) is 5.95 Å². The second-order valence-electron chi connectivity index (χ2n) is 4.09. The number of benzene rings is 1. The molecule has 0 bridgehead atoms. The lowest BCUT2D eigenvalue weighted by molar-refractivity contribution is 0.339. The van der Waals surface area contributed by atoms with Gasteiger partial charge in [-0.05, 0) is 42.8 Å². The fourth-order valence-corrected chi connectivity index (χ4v) is 1.59. The van der Waals surface area contributed by atoms with E-state index >= 15 is 0 Å². The summed E-state index contributed by atoms with van der Waals surface area (Å²) in [4.78, 5) is 13.8. The lowest BCUT2D eigenvalue weighted by Gasteiger charge is -2.11. The lowest BCUT2D eigenvalue weighted by atomic mass is 10.3. The summed E-state index contributed by atoms with van der Waals surface area (Å²) >= 11 is 5.84. The number of hydrogen-bond donors (Lipinski definition) is 0. The Morgan fingerprint density at radius 2 is 1.70 bits per heavy atom. The predicted molar refractivity (Wildman–Crippen MR) is 76.8 cm³/mol. The summed E-state index contributed by atoms with van der Waals surface area (Å²) in [6.07, 6.45) is 0. The first-order valence-corrected chi connectivity index (χ1v) is 6.46. The molecule has 1 aromatic carbocycles. The van der Waals surface area contributed by atoms with Gasteiger partial charge in [0.05, 0.1) is 6.61 Å². The molecule has 0 spiro atoms. The highest BCUT2D eigenvalue weighted by atomic mass is 35.5. The van der Waals surface area contributed by atoms with Gasteiger partial charge in [-0.3, -0.25) is 0 Å². The monoisotopic (exact) mass is 294 g/mol. The average molecular weight is 295 g/mol. The largest absolute Gasteiger partial charge is 0.494 e. The van der Waals surface area contributed by atoms with Gasteiger partial charge in [0.2, 0.25) is 11.2 Å². The van der Waals surface area contributed by atoms with E-state index in [1.807, 2.05) is 33.2 Å². The van der Waals surface area contributed by atoms with Gasteiger partial charge in [-0.2, -0.15) is 15.0 Å². The van der Waals surface area contributed by atoms with Crippen molar-refractivity contribution in [2.24, 2.45) is 0 Å². The third-order valence-electron chi connectivity index (χ3n) is 2.32. The van der Waals surface area contributed by atoms with Crippen LogP contribution in [0.2, 0.25) is 5.28 Å². The maximum Gasteiger partial charge on any atom is 0.328 e. The highest BCUT2D eigenvalue weighted by Gasteiger charge is 2.08. The van der Waals surface area contributed by atoms with Gasteiger partial charge in [0.1, 0.15) is 11.5 Å². The van der Waals surface area contributed by atoms with Gasteiger partial charge in [0.15, 0.2) is 0 Å². The molecule has 0 N–H and O–H groups in total. The Morgan fingerprint density at radius 1 is 1.05 bits per heavy atom. The predicted octanol–water partition coefficient (Wildman–Crippen LogP) is 2.78. The van der Waals surface area contributed by atoms with Gasteiger partial charge in [-0.15, -0.1) is 0 Å². The molecule has 0 amide bonds. The second-order valence-corrected chi connectivity index (χ2v) is 4.43. The summed E-state index contributed by atoms with van der Waals surface area (Å²) in [7, 11) is 3.62. The molecule has 20 heavy (non-hydrogen) atoms. The third kappa shape index (κ3) is 3.71. The van der Waals surface area contributed by atoms with E-state index in [1.54, 1.807) is 17.0 Å². The van der Waals surface area contributed by atoms with Gasteiger partial charge in [-0.25, -0.2) is 0 Å². The van der Waals surface area contributed by atoms with Gasteiger partial charge < -0.3 is 14.4 Å². The lowest BCUT2D eigenvalue weighted by Crippen LogP contribution is -2.13. The van der Waals surface area contributed by atoms with Crippen molar-refractivity contribution < 1.29 is 9.47 Å². The molecule has 2 aromatic rings. The van der Waals surface area contributed by atoms with Crippen molar-refractivity contribution in [2.45, 2.75) is 6.92 Å². The molecule has 0 radical (unpaired) electrons. The molecule has 0 atom stereocenters. The summed E-state index contributed by atoms with van der Waals surface area (Å²) in [6, 6.07) is 7.33. The normalized spacial score (nSPS) is 10.2. The second kappa shape index (κ2) is 6.38. The van der Waals surface area contributed by atoms with Crippen molar-refractivity contribution in [1.29, 1.82) is 0 Å². The summed E-state index contributed by atoms with van der Waals surface area (Å²) in [6.45, 7) is 2.55. The Bertz CT molecular complexity index is 575. The van der Waals surface area contributed by atoms with E-state index in [2.05, 4.69) is 15.0 Å². The fourth-order valence-electron chi connectivity index (χ4n) is 1.44. The van der Waals surface area contributed by atoms with Gasteiger partial charge >= 0.3 is 6.01 Å². The number of nitrogens with zero attached hydrogens (tertiary/aromatic N) is 4. The van der Waals surface area contributed by atoms with E-state index in [0.29, 0.717) is 18.3 Å². The Labute approximate surface area is 122 Å². The molecular formula is C13H15ClN4O2. The Hall–Kier alpha value is -2.08. The number of ether oxygens (including phenoxy) is 2. The Morgan fingerprint density at radius 3 is 2.30 bits per heavy atom. The van der Waals surface area contributed by atoms with Crippen LogP contribution in [-0.2, 0) is 0 Å². The molecule has 0 unspecified atom stereocenters. The Kier molecular flexibility index (Phi) is 4.57. The van der Waals surface area contributed by atoms with E-state index in [1.165, 1.54) is 0 Å². The standard InChI is InChI=1S/C13H15ClN4O2/c1-4-19-9-5-7-10(8-6-9)20-13-16-11(14)15-12(17-13)18(2)3/h5-8H,4H2,1-3H3. The van der Waals surface area contributed by atoms with Crippen molar-refractivity contribution in [3.05, 3.63) is 29.5 Å². The summed E-state index contributed by atoms with van der Waals surface area (Å²) < 4.78 is 10.9. The number of rotatable bonds is 5. The molecule has 0 aliphatic heterocycles. The molecule has 106 valence electrons. The summed E-state index contributed by atoms with van der Waals surface area (Å²) in [5.41, 5.74) is 0. The number of hydrogen-bond acceptors (Lipinski definition) is 6. The zero-order chi connectivity index (χ0) is 14.5. The number of halogens is 1. The van der Waals surface area contributed by atoms with Crippen LogP contribution in [0.3, 0.4) is 0 Å². The third-order valence-corrected chi connectivity index (χ3v) is 2.49. The van der Waals surface area contributed by atoms with Crippen molar-refractivity contribution in [1.82, 2.24) is 15.0 Å². The molecule has 7 heteroatoms. The highest BCUT2D eigenvalue weighted by Crippen LogP contribution is 2.23. The maximum absolute atomic E-state index is 5.84. The van der Waals surface area contributed by atoms with E-state index in [4.69, 9.17) is 21.1 Å². The number of aromatic nitrogens is 3. The molecule has 6 nitrogen and oxygen atoms in total. The van der Waals surface area contributed by atoms with E-state index in [-0.39, 0.29) is 11.3 Å². The van der Waals surface area contributed by atoms with Gasteiger partial charge in [0.25, 0.3) is 0 Å². The minimum atomic E-state index is 0.0876. The van der Waals surface area contributed by atoms with Gasteiger partial charge in [-0.1, -0.05) is 0 Å². The summed E-state index contributed by atoms with van der Waals surface area (Å²) in [5.74, 6) is 1.81. The minimum absolute atomic E-state index is 0.0876. The maximum atomic E-state index is 5.84. The van der Waals surface area contributed by atoms with Crippen LogP contribution in [0.25, 0.3) is 0 Å². The molecule has 0 saturated heterocycles. The van der Waals surface area contributed by atoms with Crippen molar-refractivity contribution in [3.63, 3.8) is 0 Å². The average Bonchev–Trinajstić information content (AvgIpc) is 2.40. The van der Waals surface area contributed by atoms with Crippen molar-refractivity contribution >= 4 is 17.5 Å². The molecule has 2 rings (SSSR count). The molecule has 0 fully saturated rings. The van der Waals surface area contributed by atoms with Crippen LogP contribution in [-0.4, -0.2) is 35.7 Å². The van der Waals surface area contributed by atoms with Gasteiger partial charge in [0, 0.05) is 14.1 Å². The molecule has 1 heterocycles. The number of anilines is 1. The topological polar surface area (TPSA) is 60.4 Å². The zero-order valence-electron chi connectivity index (χ0n) is 11.5. The van der Waals surface area contributed by atoms with E-state index in [0.717, 1.165) is 5.75 Å². The van der Waals surface area contributed by atoms with Crippen LogP contribution in [0.15, 0.2) is 24.3 Å². The first-order chi connectivity index (χ1) is 9.58. The smallest absolute Gasteiger partial charge is 0.328 e. The van der Waals surface area contributed by atoms with Crippen LogP contribution in [0.5, 0.6) is 17.5 Å². The molecular weight excluding hydrogens is 280 g/mol. The van der Waals surface area contributed by atoms with Crippen LogP contribution in [0, 0.1) is 0 Å².